The molecule has 1 unspecified atom stereocenters. The first-order chi connectivity index (χ1) is 8.65. The molecule has 0 spiro atoms. The van der Waals surface area contributed by atoms with Gasteiger partial charge in [-0.3, -0.25) is 4.98 Å². The Kier molecular flexibility index (Phi) is 6.13. The highest BCUT2D eigenvalue weighted by Gasteiger charge is 2.11. The molecule has 0 radical (unpaired) electrons. The van der Waals surface area contributed by atoms with Crippen molar-refractivity contribution in [2.45, 2.75) is 20.3 Å². The molecule has 0 saturated carbocycles. The number of aromatic nitrogens is 1. The minimum absolute atomic E-state index is 0.0692. The zero-order valence-electron chi connectivity index (χ0n) is 10.5. The topological polar surface area (TPSA) is 79.0 Å². The maximum Gasteiger partial charge on any atom is 0.340 e. The van der Waals surface area contributed by atoms with Crippen LogP contribution < -0.4 is 5.17 Å². The van der Waals surface area contributed by atoms with Gasteiger partial charge in [-0.15, -0.1) is 0 Å². The molecule has 18 heavy (non-hydrogen) atoms. The zero-order chi connectivity index (χ0) is 13.4. The van der Waals surface area contributed by atoms with Crippen LogP contribution in [0.25, 0.3) is 0 Å². The highest BCUT2D eigenvalue weighted by Crippen LogP contribution is 1.97. The van der Waals surface area contributed by atoms with Gasteiger partial charge in [-0.25, -0.2) is 4.79 Å². The van der Waals surface area contributed by atoms with E-state index in [-0.39, 0.29) is 13.0 Å². The van der Waals surface area contributed by atoms with Crippen LogP contribution in [-0.2, 0) is 9.53 Å². The van der Waals surface area contributed by atoms with E-state index in [1.807, 2.05) is 6.92 Å². The highest BCUT2D eigenvalue weighted by atomic mass is 16.5. The molecule has 98 valence electrons. The van der Waals surface area contributed by atoms with Gasteiger partial charge in [0.15, 0.2) is 0 Å². The van der Waals surface area contributed by atoms with Gasteiger partial charge in [-0.05, 0) is 26.0 Å². The lowest BCUT2D eigenvalue weighted by Crippen LogP contribution is -3.05. The van der Waals surface area contributed by atoms with Crippen molar-refractivity contribution in [3.8, 4) is 0 Å². The molecule has 0 aliphatic heterocycles. The van der Waals surface area contributed by atoms with E-state index in [4.69, 9.17) is 4.74 Å². The van der Waals surface area contributed by atoms with Crippen molar-refractivity contribution in [1.29, 1.82) is 0 Å². The molecule has 1 rings (SSSR count). The fourth-order valence-corrected chi connectivity index (χ4v) is 1.29. The van der Waals surface area contributed by atoms with Crippen LogP contribution in [0.5, 0.6) is 0 Å². The molecule has 0 aromatic carbocycles. The normalized spacial score (nSPS) is 13.4. The fourth-order valence-electron chi connectivity index (χ4n) is 1.29. The summed E-state index contributed by atoms with van der Waals surface area (Å²) in [6.45, 7) is 4.30. The van der Waals surface area contributed by atoms with Crippen LogP contribution in [0.1, 0.15) is 25.8 Å². The Bertz CT molecular complexity index is 406. The van der Waals surface area contributed by atoms with Crippen LogP contribution in [-0.4, -0.2) is 29.8 Å². The Morgan fingerprint density at radius 2 is 2.17 bits per heavy atom. The van der Waals surface area contributed by atoms with Crippen molar-refractivity contribution in [2.75, 3.05) is 13.2 Å². The maximum atomic E-state index is 11.5. The third-order valence-corrected chi connectivity index (χ3v) is 2.28. The Morgan fingerprint density at radius 3 is 2.78 bits per heavy atom. The van der Waals surface area contributed by atoms with E-state index in [2.05, 4.69) is 10.1 Å². The van der Waals surface area contributed by atoms with Gasteiger partial charge in [0.25, 0.3) is 0 Å². The lowest BCUT2D eigenvalue weighted by Gasteiger charge is -2.13. The van der Waals surface area contributed by atoms with Crippen molar-refractivity contribution in [3.05, 3.63) is 35.3 Å². The van der Waals surface area contributed by atoms with Gasteiger partial charge in [0.05, 0.1) is 13.0 Å². The Labute approximate surface area is 106 Å². The number of nitrogens with zero attached hydrogens (tertiary/aromatic N) is 2. The summed E-state index contributed by atoms with van der Waals surface area (Å²) in [6, 6.07) is 3.47. The van der Waals surface area contributed by atoms with Crippen LogP contribution in [0.4, 0.5) is 0 Å². The molecule has 0 saturated heterocycles. The van der Waals surface area contributed by atoms with Gasteiger partial charge >= 0.3 is 5.91 Å². The monoisotopic (exact) mass is 251 g/mol. The summed E-state index contributed by atoms with van der Waals surface area (Å²) < 4.78 is 5.01. The summed E-state index contributed by atoms with van der Waals surface area (Å²) in [7, 11) is 0. The summed E-state index contributed by atoms with van der Waals surface area (Å²) in [5, 5.41) is 14.6. The van der Waals surface area contributed by atoms with Crippen LogP contribution in [0.2, 0.25) is 0 Å². The number of pyridine rings is 1. The van der Waals surface area contributed by atoms with Crippen molar-refractivity contribution in [3.63, 3.8) is 0 Å². The summed E-state index contributed by atoms with van der Waals surface area (Å²) >= 11 is 0. The predicted molar refractivity (Wildman–Crippen MR) is 66.9 cm³/mol. The molecule has 0 aliphatic carbocycles. The summed E-state index contributed by atoms with van der Waals surface area (Å²) in [6.07, 6.45) is 3.28. The number of hydroxylamine groups is 1. The molecule has 6 heteroatoms. The standard InChI is InChI=1S/C12H17N3O3/c1-3-18-9-6-12(16)15(17)14-10(2)11-4-7-13-8-5-11/h4-5,7-8,15H,3,6,9H2,1-2H3. The molecular weight excluding hydrogens is 234 g/mol. The van der Waals surface area contributed by atoms with E-state index >= 15 is 0 Å². The Balaban J connectivity index is 2.57. The number of nitrogens with one attached hydrogen (secondary N) is 1. The van der Waals surface area contributed by atoms with Gasteiger partial charge in [0, 0.05) is 24.6 Å². The van der Waals surface area contributed by atoms with E-state index < -0.39 is 11.1 Å². The molecule has 1 N–H and O–H groups in total. The lowest BCUT2D eigenvalue weighted by atomic mass is 10.2. The highest BCUT2D eigenvalue weighted by molar-refractivity contribution is 5.98. The number of hydrogen-bond acceptors (Lipinski definition) is 5. The van der Waals surface area contributed by atoms with Crippen LogP contribution in [0, 0.1) is 5.21 Å². The molecule has 1 aromatic rings. The molecule has 1 aromatic heterocycles. The first kappa shape index (κ1) is 14.4. The molecule has 1 atom stereocenters. The van der Waals surface area contributed by atoms with Gasteiger partial charge in [0.2, 0.25) is 0 Å². The first-order valence-electron chi connectivity index (χ1n) is 5.75. The number of hydrogen-bond donors (Lipinski definition) is 1. The average Bonchev–Trinajstić information content (AvgIpc) is 2.39. The van der Waals surface area contributed by atoms with Crippen molar-refractivity contribution >= 4 is 11.6 Å². The largest absolute Gasteiger partial charge is 0.599 e. The van der Waals surface area contributed by atoms with Gasteiger partial charge in [-0.2, -0.15) is 5.17 Å². The SMILES string of the molecule is CCOCCC(=O)[NH+]([O-])N=C(C)c1ccncc1. The molecule has 0 bridgehead atoms. The van der Waals surface area contributed by atoms with E-state index in [0.29, 0.717) is 12.3 Å². The third kappa shape index (κ3) is 4.70. The fraction of sp³-hybridized carbons (Fsp3) is 0.417. The molecule has 6 nitrogen and oxygen atoms in total. The van der Waals surface area contributed by atoms with Gasteiger partial charge < -0.3 is 9.94 Å². The van der Waals surface area contributed by atoms with Gasteiger partial charge in [-0.1, -0.05) is 5.10 Å². The van der Waals surface area contributed by atoms with Crippen molar-refractivity contribution in [2.24, 2.45) is 5.10 Å². The number of carbonyl (C=O) groups excluding carboxylic acids is 1. The smallest absolute Gasteiger partial charge is 0.340 e. The number of ether oxygens (including phenoxy) is 1. The van der Waals surface area contributed by atoms with Crippen LogP contribution in [0.15, 0.2) is 29.6 Å². The molecule has 1 heterocycles. The number of carbonyl (C=O) groups is 1. The van der Waals surface area contributed by atoms with E-state index in [1.165, 1.54) is 0 Å². The number of amides is 1. The van der Waals surface area contributed by atoms with Crippen LogP contribution >= 0.6 is 0 Å². The minimum atomic E-state index is -0.732. The minimum Gasteiger partial charge on any atom is -0.599 e. The van der Waals surface area contributed by atoms with Crippen LogP contribution in [0.3, 0.4) is 0 Å². The Morgan fingerprint density at radius 1 is 1.50 bits per heavy atom. The molecule has 0 aliphatic rings. The van der Waals surface area contributed by atoms with Crippen molar-refractivity contribution in [1.82, 2.24) is 4.98 Å². The third-order valence-electron chi connectivity index (χ3n) is 2.28. The molecule has 0 fully saturated rings. The number of quaternary nitrogens is 1. The second-order valence-electron chi connectivity index (χ2n) is 3.61. The lowest BCUT2D eigenvalue weighted by molar-refractivity contribution is -0.772. The quantitative estimate of drug-likeness (QED) is 0.443. The summed E-state index contributed by atoms with van der Waals surface area (Å²) in [4.78, 5) is 15.3. The molecule has 1 amide bonds. The predicted octanol–water partition coefficient (Wildman–Crippen LogP) is 0.142. The summed E-state index contributed by atoms with van der Waals surface area (Å²) in [5.41, 5.74) is 1.28. The van der Waals surface area contributed by atoms with Gasteiger partial charge in [0.1, 0.15) is 5.71 Å². The summed E-state index contributed by atoms with van der Waals surface area (Å²) in [5.74, 6) is -0.531. The first-order valence-corrected chi connectivity index (χ1v) is 5.75. The molecular formula is C12H17N3O3. The second kappa shape index (κ2) is 7.65. The van der Waals surface area contributed by atoms with Crippen molar-refractivity contribution < 1.29 is 14.7 Å². The second-order valence-corrected chi connectivity index (χ2v) is 3.61. The number of rotatable bonds is 6. The van der Waals surface area contributed by atoms with E-state index in [0.717, 1.165) is 5.56 Å². The maximum absolute atomic E-state index is 11.5. The van der Waals surface area contributed by atoms with E-state index in [1.54, 1.807) is 31.5 Å². The van der Waals surface area contributed by atoms with E-state index in [9.17, 15) is 10.0 Å². The Hall–Kier alpha value is -1.63. The average molecular weight is 251 g/mol. The zero-order valence-corrected chi connectivity index (χ0v) is 10.5.